The zero-order chi connectivity index (χ0) is 15.3. The number of fused-ring (bicyclic) bond motifs is 1. The number of hydrogen-bond acceptors (Lipinski definition) is 3. The van der Waals surface area contributed by atoms with E-state index in [0.717, 1.165) is 23.5 Å². The fraction of sp³-hybridized carbons (Fsp3) is 0.500. The lowest BCUT2D eigenvalue weighted by molar-refractivity contribution is 0.408. The van der Waals surface area contributed by atoms with Crippen molar-refractivity contribution in [1.29, 1.82) is 0 Å². The lowest BCUT2D eigenvalue weighted by Crippen LogP contribution is -2.41. The molecule has 0 amide bonds. The van der Waals surface area contributed by atoms with Crippen LogP contribution in [0, 0.1) is 0 Å². The summed E-state index contributed by atoms with van der Waals surface area (Å²) in [5, 5.41) is 3.23. The van der Waals surface area contributed by atoms with Crippen molar-refractivity contribution in [3.8, 4) is 0 Å². The van der Waals surface area contributed by atoms with Crippen molar-refractivity contribution in [2.45, 2.75) is 57.4 Å². The second kappa shape index (κ2) is 4.92. The van der Waals surface area contributed by atoms with Crippen LogP contribution in [0.15, 0.2) is 29.6 Å². The molecule has 2 unspecified atom stereocenters. The van der Waals surface area contributed by atoms with Gasteiger partial charge < -0.3 is 5.73 Å². The van der Waals surface area contributed by atoms with Crippen molar-refractivity contribution in [3.05, 3.63) is 51.5 Å². The molecule has 0 saturated carbocycles. The molecular formula is C18H24N2S. The van der Waals surface area contributed by atoms with Gasteiger partial charge in [0.15, 0.2) is 0 Å². The number of nitrogens with zero attached hydrogens (tertiary/aromatic N) is 1. The van der Waals surface area contributed by atoms with Crippen LogP contribution in [0.1, 0.15) is 68.3 Å². The van der Waals surface area contributed by atoms with Gasteiger partial charge in [0.2, 0.25) is 0 Å². The molecule has 1 heterocycles. The summed E-state index contributed by atoms with van der Waals surface area (Å²) in [5.74, 6) is 0.583. The second-order valence-electron chi connectivity index (χ2n) is 7.29. The minimum Gasteiger partial charge on any atom is -0.316 e. The summed E-state index contributed by atoms with van der Waals surface area (Å²) in [4.78, 5) is 4.89. The van der Waals surface area contributed by atoms with Gasteiger partial charge in [-0.15, -0.1) is 11.3 Å². The van der Waals surface area contributed by atoms with Gasteiger partial charge in [-0.25, -0.2) is 4.98 Å². The number of aromatic nitrogens is 1. The van der Waals surface area contributed by atoms with E-state index in [4.69, 9.17) is 10.7 Å². The monoisotopic (exact) mass is 300 g/mol. The zero-order valence-corrected chi connectivity index (χ0v) is 14.1. The molecule has 0 spiro atoms. The van der Waals surface area contributed by atoms with E-state index in [0.29, 0.717) is 5.92 Å². The molecule has 2 N–H and O–H groups in total. The second-order valence-corrected chi connectivity index (χ2v) is 8.14. The van der Waals surface area contributed by atoms with Gasteiger partial charge in [-0.05, 0) is 29.9 Å². The Bertz CT molecular complexity index is 653. The lowest BCUT2D eigenvalue weighted by atomic mass is 9.73. The van der Waals surface area contributed by atoms with E-state index >= 15 is 0 Å². The average molecular weight is 300 g/mol. The van der Waals surface area contributed by atoms with Crippen molar-refractivity contribution >= 4 is 11.3 Å². The number of nitrogens with two attached hydrogens (primary N) is 1. The normalized spacial score (nSPS) is 25.7. The van der Waals surface area contributed by atoms with Gasteiger partial charge in [0.05, 0.1) is 11.2 Å². The van der Waals surface area contributed by atoms with Gasteiger partial charge in [-0.2, -0.15) is 0 Å². The highest BCUT2D eigenvalue weighted by Gasteiger charge is 2.39. The van der Waals surface area contributed by atoms with Crippen molar-refractivity contribution in [2.75, 3.05) is 0 Å². The van der Waals surface area contributed by atoms with Crippen molar-refractivity contribution in [1.82, 2.24) is 4.98 Å². The first-order chi connectivity index (χ1) is 9.82. The van der Waals surface area contributed by atoms with Crippen LogP contribution in [0.3, 0.4) is 0 Å². The highest BCUT2D eigenvalue weighted by molar-refractivity contribution is 7.09. The molecule has 1 aromatic heterocycles. The zero-order valence-electron chi connectivity index (χ0n) is 13.3. The highest BCUT2D eigenvalue weighted by atomic mass is 32.1. The standard InChI is InChI=1S/C18H24N2S/c1-12-9-10-18(19,14-8-6-5-7-13(12)14)16-20-15(11-21-16)17(2,3)4/h5-8,11-12H,9-10,19H2,1-4H3. The highest BCUT2D eigenvalue weighted by Crippen LogP contribution is 2.44. The topological polar surface area (TPSA) is 38.9 Å². The molecule has 112 valence electrons. The summed E-state index contributed by atoms with van der Waals surface area (Å²) in [5.41, 5.74) is 10.3. The summed E-state index contributed by atoms with van der Waals surface area (Å²) >= 11 is 1.71. The predicted molar refractivity (Wildman–Crippen MR) is 89.9 cm³/mol. The number of rotatable bonds is 1. The average Bonchev–Trinajstić information content (AvgIpc) is 2.94. The van der Waals surface area contributed by atoms with Crippen LogP contribution in [0.25, 0.3) is 0 Å². The Kier molecular flexibility index (Phi) is 3.45. The maximum absolute atomic E-state index is 6.86. The maximum atomic E-state index is 6.86. The Labute approximate surface area is 131 Å². The van der Waals surface area contributed by atoms with E-state index in [1.54, 1.807) is 11.3 Å². The summed E-state index contributed by atoms with van der Waals surface area (Å²) in [6, 6.07) is 8.61. The van der Waals surface area contributed by atoms with Gasteiger partial charge in [0.1, 0.15) is 5.01 Å². The Hall–Kier alpha value is -1.19. The first-order valence-electron chi connectivity index (χ1n) is 7.67. The molecule has 0 aliphatic heterocycles. The molecule has 0 bridgehead atoms. The van der Waals surface area contributed by atoms with E-state index in [2.05, 4.69) is 57.3 Å². The summed E-state index contributed by atoms with van der Waals surface area (Å²) < 4.78 is 0. The minimum absolute atomic E-state index is 0.0760. The van der Waals surface area contributed by atoms with Crippen molar-refractivity contribution < 1.29 is 0 Å². The van der Waals surface area contributed by atoms with Gasteiger partial charge in [-0.3, -0.25) is 0 Å². The van der Waals surface area contributed by atoms with Gasteiger partial charge in [0.25, 0.3) is 0 Å². The van der Waals surface area contributed by atoms with Gasteiger partial charge in [-0.1, -0.05) is 52.0 Å². The van der Waals surface area contributed by atoms with Crippen LogP contribution in [-0.4, -0.2) is 4.98 Å². The molecule has 1 aliphatic carbocycles. The first kappa shape index (κ1) is 14.7. The van der Waals surface area contributed by atoms with Gasteiger partial charge in [0, 0.05) is 10.8 Å². The molecule has 2 aromatic rings. The van der Waals surface area contributed by atoms with Crippen molar-refractivity contribution in [3.63, 3.8) is 0 Å². The Morgan fingerprint density at radius 2 is 2.00 bits per heavy atom. The number of benzene rings is 1. The molecule has 0 radical (unpaired) electrons. The summed E-state index contributed by atoms with van der Waals surface area (Å²) in [7, 11) is 0. The molecule has 3 heteroatoms. The molecule has 0 saturated heterocycles. The fourth-order valence-corrected chi connectivity index (χ4v) is 4.32. The minimum atomic E-state index is -0.419. The third-order valence-corrected chi connectivity index (χ3v) is 5.62. The van der Waals surface area contributed by atoms with E-state index in [9.17, 15) is 0 Å². The van der Waals surface area contributed by atoms with Crippen LogP contribution in [0.5, 0.6) is 0 Å². The molecule has 21 heavy (non-hydrogen) atoms. The largest absolute Gasteiger partial charge is 0.316 e. The Morgan fingerprint density at radius 1 is 1.29 bits per heavy atom. The van der Waals surface area contributed by atoms with Crippen LogP contribution in [0.4, 0.5) is 0 Å². The molecular weight excluding hydrogens is 276 g/mol. The summed E-state index contributed by atoms with van der Waals surface area (Å²) in [6.07, 6.45) is 2.10. The first-order valence-corrected chi connectivity index (χ1v) is 8.55. The Morgan fingerprint density at radius 3 is 2.67 bits per heavy atom. The molecule has 2 atom stereocenters. The van der Waals surface area contributed by atoms with E-state index in [1.807, 2.05) is 0 Å². The third kappa shape index (κ3) is 2.43. The number of hydrogen-bond donors (Lipinski definition) is 1. The predicted octanol–water partition coefficient (Wildman–Crippen LogP) is 4.54. The lowest BCUT2D eigenvalue weighted by Gasteiger charge is -2.37. The maximum Gasteiger partial charge on any atom is 0.117 e. The van der Waals surface area contributed by atoms with Crippen LogP contribution in [-0.2, 0) is 11.0 Å². The summed E-state index contributed by atoms with van der Waals surface area (Å²) in [6.45, 7) is 8.89. The molecule has 1 aromatic carbocycles. The molecule has 3 rings (SSSR count). The van der Waals surface area contributed by atoms with E-state index < -0.39 is 5.54 Å². The third-order valence-electron chi connectivity index (χ3n) is 4.60. The molecule has 1 aliphatic rings. The SMILES string of the molecule is CC1CCC(N)(c2nc(C(C)(C)C)cs2)c2ccccc21. The van der Waals surface area contributed by atoms with Crippen molar-refractivity contribution in [2.24, 2.45) is 5.73 Å². The van der Waals surface area contributed by atoms with Gasteiger partial charge >= 0.3 is 0 Å². The Balaban J connectivity index is 2.10. The van der Waals surface area contributed by atoms with Crippen LogP contribution >= 0.6 is 11.3 Å². The van der Waals surface area contributed by atoms with Crippen LogP contribution < -0.4 is 5.73 Å². The van der Waals surface area contributed by atoms with Crippen LogP contribution in [0.2, 0.25) is 0 Å². The quantitative estimate of drug-likeness (QED) is 0.839. The smallest absolute Gasteiger partial charge is 0.117 e. The van der Waals surface area contributed by atoms with E-state index in [-0.39, 0.29) is 5.41 Å². The molecule has 0 fully saturated rings. The number of thiazole rings is 1. The fourth-order valence-electron chi connectivity index (χ4n) is 3.11. The van der Waals surface area contributed by atoms with E-state index in [1.165, 1.54) is 11.1 Å². The molecule has 2 nitrogen and oxygen atoms in total.